The van der Waals surface area contributed by atoms with Crippen molar-refractivity contribution in [2.24, 2.45) is 0 Å². The number of hydrogen-bond donors (Lipinski definition) is 11. The third kappa shape index (κ3) is 12.4. The number of hydrogen-bond acceptors (Lipinski definition) is 18. The number of aromatic nitrogens is 4. The van der Waals surface area contributed by atoms with Crippen LogP contribution in [0, 0.1) is 0 Å². The Hall–Kier alpha value is -6.41. The molecule has 1 amide bonds. The smallest absolute Gasteiger partial charge is 0.478 e. The number of carbonyl (C=O) groups is 2. The first-order chi connectivity index (χ1) is 38.8. The lowest BCUT2D eigenvalue weighted by Crippen LogP contribution is -2.49. The first kappa shape index (κ1) is 61.2. The number of aromatic amines is 1. The zero-order valence-corrected chi connectivity index (χ0v) is 49.3. The number of phosphoric acid groups is 3. The number of nitrogen functional groups attached to an aromatic ring is 1. The molecule has 0 radical (unpaired) electrons. The fourth-order valence-corrected chi connectivity index (χ4v) is 14.6. The van der Waals surface area contributed by atoms with Gasteiger partial charge in [-0.15, -0.1) is 0 Å². The summed E-state index contributed by atoms with van der Waals surface area (Å²) >= 11 is 0. The topological polar surface area (TPSA) is 393 Å². The number of anilines is 3. The number of nitrogens with two attached hydrogens (primary N) is 1. The number of likely N-dealkylation sites (N-methyl/N-ethyl adjacent to an activating group) is 2. The minimum Gasteiger partial charge on any atom is -0.478 e. The van der Waals surface area contributed by atoms with Gasteiger partial charge >= 0.3 is 29.4 Å². The number of benzene rings is 3. The molecule has 446 valence electrons. The molecular formula is C53H67N9O18P3+. The van der Waals surface area contributed by atoms with Crippen LogP contribution in [0.2, 0.25) is 0 Å². The molecule has 2 unspecified atom stereocenters. The Morgan fingerprint density at radius 3 is 2.22 bits per heavy atom. The second-order valence-corrected chi connectivity index (χ2v) is 26.1. The van der Waals surface area contributed by atoms with Crippen molar-refractivity contribution in [3.8, 4) is 11.5 Å². The molecule has 3 aromatic carbocycles. The van der Waals surface area contributed by atoms with E-state index in [9.17, 15) is 53.2 Å². The van der Waals surface area contributed by atoms with Crippen LogP contribution in [0.1, 0.15) is 130 Å². The van der Waals surface area contributed by atoms with Crippen LogP contribution in [0.15, 0.2) is 59.4 Å². The molecule has 6 heterocycles. The molecule has 12 N–H and O–H groups in total. The second kappa shape index (κ2) is 22.9. The number of nitrogens with zero attached hydrogens (tertiary/aromatic N) is 5. The first-order valence-electron chi connectivity index (χ1n) is 26.7. The number of carboxylic acids is 1. The molecule has 9 rings (SSSR count). The molecule has 0 aliphatic carbocycles. The monoisotopic (exact) mass is 1210 g/mol. The number of unbranched alkanes of at least 4 members (excludes halogenated alkanes) is 3. The number of rotatable bonds is 21. The van der Waals surface area contributed by atoms with Crippen molar-refractivity contribution in [2.45, 2.75) is 117 Å². The van der Waals surface area contributed by atoms with Gasteiger partial charge < -0.3 is 65.6 Å². The van der Waals surface area contributed by atoms with Gasteiger partial charge in [0.1, 0.15) is 36.4 Å². The van der Waals surface area contributed by atoms with Crippen molar-refractivity contribution in [1.82, 2.24) is 29.4 Å². The van der Waals surface area contributed by atoms with Gasteiger partial charge in [0, 0.05) is 78.3 Å². The van der Waals surface area contributed by atoms with E-state index in [1.165, 1.54) is 6.07 Å². The number of carbonyl (C=O) groups excluding carboxylic acids is 1. The van der Waals surface area contributed by atoms with Gasteiger partial charge in [-0.2, -0.15) is 13.6 Å². The normalized spacial score (nSPS) is 21.2. The number of amides is 1. The highest BCUT2D eigenvalue weighted by Gasteiger charge is 2.48. The summed E-state index contributed by atoms with van der Waals surface area (Å²) in [6.07, 6.45) is -0.257. The lowest BCUT2D eigenvalue weighted by atomic mass is 9.83. The summed E-state index contributed by atoms with van der Waals surface area (Å²) in [5.41, 5.74) is 11.2. The summed E-state index contributed by atoms with van der Waals surface area (Å²) < 4.78 is 63.3. The largest absolute Gasteiger partial charge is 0.490 e. The molecule has 4 aliphatic rings. The van der Waals surface area contributed by atoms with Crippen LogP contribution in [0.25, 0.3) is 27.9 Å². The molecule has 4 aliphatic heterocycles. The van der Waals surface area contributed by atoms with Crippen LogP contribution in [0.5, 0.6) is 11.5 Å². The Morgan fingerprint density at radius 1 is 0.843 bits per heavy atom. The molecule has 6 atom stereocenters. The highest BCUT2D eigenvalue weighted by Crippen LogP contribution is 2.66. The SMILES string of the molecule is CCN1c2cc3c(cc2C(C)=CC1(C)C)C(c1ccc(C(=O)NCCCCCCNc2nc4c(=O)[nH]c(N)nc4n2[C@@H]2O[C@H](COP(=O)(O)OP(=O)(O)OP(=O)(O)O)[C@@H](O)[C@H]2O)cc1C(=O)O)=c1cc2c(cc1O3)=[N+](CC)C(C)(C)C=C2C. The summed E-state index contributed by atoms with van der Waals surface area (Å²) in [6, 6.07) is 13.0. The molecule has 1 fully saturated rings. The summed E-state index contributed by atoms with van der Waals surface area (Å²) in [7, 11) is -17.2. The van der Waals surface area contributed by atoms with Crippen molar-refractivity contribution >= 4 is 80.8 Å². The number of aromatic carboxylic acids is 1. The molecule has 0 saturated carbocycles. The van der Waals surface area contributed by atoms with E-state index in [0.717, 1.165) is 61.8 Å². The number of fused-ring (bicyclic) bond motifs is 5. The van der Waals surface area contributed by atoms with Crippen LogP contribution >= 0.6 is 23.5 Å². The zero-order chi connectivity index (χ0) is 60.5. The number of ether oxygens (including phenoxy) is 2. The third-order valence-corrected chi connectivity index (χ3v) is 18.8. The summed E-state index contributed by atoms with van der Waals surface area (Å²) in [6.45, 7) is 17.9. The number of aliphatic hydroxyl groups excluding tert-OH is 2. The average molecular weight is 1210 g/mol. The molecule has 5 aromatic rings. The van der Waals surface area contributed by atoms with Gasteiger partial charge in [0.15, 0.2) is 22.9 Å². The highest BCUT2D eigenvalue weighted by molar-refractivity contribution is 7.66. The van der Waals surface area contributed by atoms with Gasteiger partial charge in [0.05, 0.1) is 23.8 Å². The van der Waals surface area contributed by atoms with Gasteiger partial charge in [-0.25, -0.2) is 28.0 Å². The Morgan fingerprint density at radius 2 is 1.54 bits per heavy atom. The van der Waals surface area contributed by atoms with E-state index >= 15 is 0 Å². The number of imidazole rings is 1. The summed E-state index contributed by atoms with van der Waals surface area (Å²) in [5.74, 6) is -0.922. The van der Waals surface area contributed by atoms with E-state index in [1.54, 1.807) is 12.1 Å². The van der Waals surface area contributed by atoms with Gasteiger partial charge in [-0.1, -0.05) is 25.0 Å². The minimum atomic E-state index is -5.86. The van der Waals surface area contributed by atoms with Crippen LogP contribution < -0.4 is 46.7 Å². The van der Waals surface area contributed by atoms with Gasteiger partial charge in [0.25, 0.3) is 11.5 Å². The van der Waals surface area contributed by atoms with E-state index in [0.29, 0.717) is 48.3 Å². The Kier molecular flexibility index (Phi) is 16.9. The van der Waals surface area contributed by atoms with Crippen molar-refractivity contribution in [3.63, 3.8) is 0 Å². The van der Waals surface area contributed by atoms with E-state index in [4.69, 9.17) is 25.0 Å². The molecule has 27 nitrogen and oxygen atoms in total. The molecule has 0 spiro atoms. The Balaban J connectivity index is 0.886. The lowest BCUT2D eigenvalue weighted by molar-refractivity contribution is -0.0493. The molecule has 2 aromatic heterocycles. The fraction of sp³-hybridized carbons (Fsp3) is 0.434. The van der Waals surface area contributed by atoms with Crippen molar-refractivity contribution in [2.75, 3.05) is 48.7 Å². The maximum Gasteiger partial charge on any atom is 0.490 e. The van der Waals surface area contributed by atoms with Gasteiger partial charge in [-0.3, -0.25) is 23.7 Å². The zero-order valence-electron chi connectivity index (χ0n) is 46.6. The standard InChI is InChI=1S/C53H66N9O18P3/c1-9-60-36-22-38-34(20-31(36)27(3)24-52(60,5)6)41(35-21-32-28(4)25-53(7,8)61(10-2)37(32)23-39(35)77-38)30-16-15-29(19-33(30)49(67)68)46(65)55-17-13-11-12-14-18-56-51-57-42-45(58-50(54)59-47(42)66)62(51)48-44(64)43(63)40(78-48)26-76-82(72,73)80-83(74,75)79-81(69,70)71/h15-16,19-25,40,43-44,48,55,63-64H,9-14,17-18,26H2,1-8H3,(H8,54,59,65,66,67,68,69,70,71,72,73,74,75)/p+1/t40-,43-,44-,48-/m1/s1. The van der Waals surface area contributed by atoms with E-state index in [-0.39, 0.29) is 58.4 Å². The highest BCUT2D eigenvalue weighted by atomic mass is 31.3. The van der Waals surface area contributed by atoms with E-state index < -0.39 is 72.1 Å². The van der Waals surface area contributed by atoms with Gasteiger partial charge in [-0.05, 0) is 101 Å². The predicted octanol–water partition coefficient (Wildman–Crippen LogP) is 4.85. The van der Waals surface area contributed by atoms with Crippen molar-refractivity contribution < 1.29 is 80.8 Å². The van der Waals surface area contributed by atoms with E-state index in [2.05, 4.69) is 140 Å². The van der Waals surface area contributed by atoms with Gasteiger partial charge in [0.2, 0.25) is 17.3 Å². The number of H-pyrrole nitrogens is 1. The Labute approximate surface area is 475 Å². The van der Waals surface area contributed by atoms with E-state index in [1.807, 2.05) is 0 Å². The molecule has 30 heteroatoms. The van der Waals surface area contributed by atoms with Crippen LogP contribution in [-0.2, 0) is 31.6 Å². The fourth-order valence-electron chi connectivity index (χ4n) is 11.6. The molecule has 83 heavy (non-hydrogen) atoms. The molecule has 1 saturated heterocycles. The number of allylic oxidation sites excluding steroid dienone is 2. The van der Waals surface area contributed by atoms with Crippen molar-refractivity contribution in [3.05, 3.63) is 109 Å². The van der Waals surface area contributed by atoms with Crippen LogP contribution in [-0.4, -0.2) is 128 Å². The van der Waals surface area contributed by atoms with Crippen LogP contribution in [0.3, 0.4) is 0 Å². The first-order valence-corrected chi connectivity index (χ1v) is 31.2. The third-order valence-electron chi connectivity index (χ3n) is 15.0. The number of phosphoric ester groups is 1. The molecular weight excluding hydrogens is 1140 g/mol. The van der Waals surface area contributed by atoms with Crippen molar-refractivity contribution in [1.29, 1.82) is 0 Å². The molecule has 0 bridgehead atoms. The number of aliphatic hydroxyl groups is 2. The quantitative estimate of drug-likeness (QED) is 0.0261. The maximum atomic E-state index is 13.8. The maximum absolute atomic E-state index is 13.8. The number of nitrogens with one attached hydrogen (secondary N) is 3. The minimum absolute atomic E-state index is 0.0603. The lowest BCUT2D eigenvalue weighted by Gasteiger charge is -2.43. The number of carboxylic acid groups (broad SMARTS) is 1. The average Bonchev–Trinajstić information content (AvgIpc) is 3.78. The Bertz CT molecular complexity index is 3890. The predicted molar refractivity (Wildman–Crippen MR) is 305 cm³/mol. The summed E-state index contributed by atoms with van der Waals surface area (Å²) in [5, 5.41) is 40.6. The second-order valence-electron chi connectivity index (χ2n) is 21.7. The summed E-state index contributed by atoms with van der Waals surface area (Å²) in [4.78, 5) is 90.2. The van der Waals surface area contributed by atoms with Crippen LogP contribution in [0.4, 0.5) is 17.6 Å².